The molecule has 0 radical (unpaired) electrons. The van der Waals surface area contributed by atoms with E-state index in [9.17, 15) is 0 Å². The molecule has 0 saturated heterocycles. The molecule has 0 unspecified atom stereocenters. The number of nitrogens with zero attached hydrogens (tertiary/aromatic N) is 2. The Morgan fingerprint density at radius 3 is 2.00 bits per heavy atom. The molecule has 0 aromatic carbocycles. The quantitative estimate of drug-likeness (QED) is 0.311. The summed E-state index contributed by atoms with van der Waals surface area (Å²) in [6, 6.07) is 0. The Morgan fingerprint density at radius 1 is 0.818 bits per heavy atom. The normalized spacial score (nSPS) is 11.2. The summed E-state index contributed by atoms with van der Waals surface area (Å²) in [6.07, 6.45) is 22.1. The van der Waals surface area contributed by atoms with Crippen molar-refractivity contribution >= 4 is 11.8 Å². The Labute approximate surface area is 142 Å². The Bertz CT molecular complexity index is 349. The van der Waals surface area contributed by atoms with Gasteiger partial charge in [0.25, 0.3) is 0 Å². The van der Waals surface area contributed by atoms with Crippen LogP contribution in [-0.2, 0) is 13.6 Å². The lowest BCUT2D eigenvalue weighted by Gasteiger charge is -2.03. The SMILES string of the molecule is CCCCCCCCCCCCSCCCn1cc[n+](C)c1. The maximum absolute atomic E-state index is 2.29. The summed E-state index contributed by atoms with van der Waals surface area (Å²) >= 11 is 2.14. The molecule has 1 rings (SSSR count). The van der Waals surface area contributed by atoms with Crippen LogP contribution in [0, 0.1) is 0 Å². The summed E-state index contributed by atoms with van der Waals surface area (Å²) in [7, 11) is 2.08. The third kappa shape index (κ3) is 11.2. The van der Waals surface area contributed by atoms with E-state index in [1.54, 1.807) is 0 Å². The van der Waals surface area contributed by atoms with Gasteiger partial charge in [-0.2, -0.15) is 11.8 Å². The molecule has 128 valence electrons. The molecule has 22 heavy (non-hydrogen) atoms. The van der Waals surface area contributed by atoms with Crippen LogP contribution in [0.1, 0.15) is 77.6 Å². The zero-order valence-corrected chi connectivity index (χ0v) is 15.8. The summed E-state index contributed by atoms with van der Waals surface area (Å²) in [5.74, 6) is 2.66. The Balaban J connectivity index is 1.73. The fourth-order valence-electron chi connectivity index (χ4n) is 2.78. The third-order valence-electron chi connectivity index (χ3n) is 4.17. The van der Waals surface area contributed by atoms with E-state index in [4.69, 9.17) is 0 Å². The summed E-state index contributed by atoms with van der Waals surface area (Å²) in [5.41, 5.74) is 0. The van der Waals surface area contributed by atoms with Crippen molar-refractivity contribution in [1.82, 2.24) is 4.57 Å². The fraction of sp³-hybridized carbons (Fsp3) is 0.842. The van der Waals surface area contributed by atoms with Gasteiger partial charge in [-0.15, -0.1) is 0 Å². The topological polar surface area (TPSA) is 8.81 Å². The number of thioether (sulfide) groups is 1. The van der Waals surface area contributed by atoms with Crippen molar-refractivity contribution in [1.29, 1.82) is 0 Å². The van der Waals surface area contributed by atoms with Crippen LogP contribution in [0.5, 0.6) is 0 Å². The number of imidazole rings is 1. The van der Waals surface area contributed by atoms with Crippen LogP contribution < -0.4 is 4.57 Å². The first kappa shape index (κ1) is 19.6. The Hall–Kier alpha value is -0.440. The van der Waals surface area contributed by atoms with E-state index in [1.807, 2.05) is 0 Å². The predicted octanol–water partition coefficient (Wildman–Crippen LogP) is 5.36. The standard InChI is InChI=1S/C19H37N2S/c1-3-4-5-6-7-8-9-10-11-12-17-22-18-13-14-21-16-15-20(2)19-21/h15-16,19H,3-14,17-18H2,1-2H3/q+1. The van der Waals surface area contributed by atoms with Crippen molar-refractivity contribution in [3.63, 3.8) is 0 Å². The summed E-state index contributed by atoms with van der Waals surface area (Å²) < 4.78 is 4.39. The molecule has 1 aromatic heterocycles. The number of rotatable bonds is 15. The minimum absolute atomic E-state index is 1.16. The minimum atomic E-state index is 1.16. The van der Waals surface area contributed by atoms with Crippen molar-refractivity contribution in [2.75, 3.05) is 11.5 Å². The van der Waals surface area contributed by atoms with E-state index in [0.29, 0.717) is 0 Å². The van der Waals surface area contributed by atoms with Gasteiger partial charge in [0.1, 0.15) is 12.4 Å². The molecule has 0 aliphatic carbocycles. The van der Waals surface area contributed by atoms with E-state index >= 15 is 0 Å². The average molecular weight is 326 g/mol. The fourth-order valence-corrected chi connectivity index (χ4v) is 3.72. The molecule has 0 aliphatic rings. The van der Waals surface area contributed by atoms with Crippen LogP contribution in [0.3, 0.4) is 0 Å². The second kappa shape index (κ2) is 14.2. The average Bonchev–Trinajstić information content (AvgIpc) is 2.93. The number of unbranched alkanes of at least 4 members (excludes halogenated alkanes) is 9. The van der Waals surface area contributed by atoms with Gasteiger partial charge in [0, 0.05) is 0 Å². The van der Waals surface area contributed by atoms with Gasteiger partial charge in [-0.05, 0) is 24.3 Å². The lowest BCUT2D eigenvalue weighted by Crippen LogP contribution is -2.23. The number of hydrogen-bond acceptors (Lipinski definition) is 1. The molecular weight excluding hydrogens is 288 g/mol. The predicted molar refractivity (Wildman–Crippen MR) is 99.4 cm³/mol. The molecule has 0 aliphatic heterocycles. The van der Waals surface area contributed by atoms with Crippen molar-refractivity contribution in [3.8, 4) is 0 Å². The highest BCUT2D eigenvalue weighted by molar-refractivity contribution is 7.99. The van der Waals surface area contributed by atoms with Crippen LogP contribution >= 0.6 is 11.8 Å². The van der Waals surface area contributed by atoms with Crippen LogP contribution in [0.2, 0.25) is 0 Å². The van der Waals surface area contributed by atoms with Gasteiger partial charge in [-0.25, -0.2) is 9.13 Å². The largest absolute Gasteiger partial charge is 0.243 e. The molecule has 3 heteroatoms. The Kier molecular flexibility index (Phi) is 12.6. The number of aromatic nitrogens is 2. The molecule has 0 amide bonds. The summed E-state index contributed by atoms with van der Waals surface area (Å²) in [6.45, 7) is 3.45. The lowest BCUT2D eigenvalue weighted by molar-refractivity contribution is -0.671. The van der Waals surface area contributed by atoms with Crippen LogP contribution in [0.25, 0.3) is 0 Å². The van der Waals surface area contributed by atoms with Gasteiger partial charge in [0.2, 0.25) is 6.33 Å². The van der Waals surface area contributed by atoms with Crippen LogP contribution in [0.15, 0.2) is 18.7 Å². The van der Waals surface area contributed by atoms with E-state index in [-0.39, 0.29) is 0 Å². The molecule has 0 bridgehead atoms. The van der Waals surface area contributed by atoms with Gasteiger partial charge in [0.05, 0.1) is 13.6 Å². The molecule has 1 heterocycles. The molecule has 2 nitrogen and oxygen atoms in total. The third-order valence-corrected chi connectivity index (χ3v) is 5.33. The maximum Gasteiger partial charge on any atom is 0.243 e. The molecule has 0 fully saturated rings. The second-order valence-corrected chi connectivity index (χ2v) is 7.69. The molecular formula is C19H37N2S+. The maximum atomic E-state index is 2.29. The van der Waals surface area contributed by atoms with Gasteiger partial charge >= 0.3 is 0 Å². The molecule has 0 atom stereocenters. The highest BCUT2D eigenvalue weighted by atomic mass is 32.2. The van der Waals surface area contributed by atoms with Gasteiger partial charge in [-0.1, -0.05) is 64.7 Å². The molecule has 0 spiro atoms. The first-order chi connectivity index (χ1) is 10.8. The minimum Gasteiger partial charge on any atom is -0.240 e. The first-order valence-corrected chi connectivity index (χ1v) is 10.6. The van der Waals surface area contributed by atoms with E-state index in [2.05, 4.69) is 53.6 Å². The van der Waals surface area contributed by atoms with Crippen LogP contribution in [0.4, 0.5) is 0 Å². The zero-order chi connectivity index (χ0) is 15.9. The van der Waals surface area contributed by atoms with Gasteiger partial charge in [-0.3, -0.25) is 0 Å². The van der Waals surface area contributed by atoms with Crippen molar-refractivity contribution in [2.45, 2.75) is 84.1 Å². The van der Waals surface area contributed by atoms with E-state index in [1.165, 1.54) is 82.1 Å². The molecule has 1 aromatic rings. The smallest absolute Gasteiger partial charge is 0.240 e. The number of aryl methyl sites for hydroxylation is 2. The van der Waals surface area contributed by atoms with Crippen molar-refractivity contribution in [3.05, 3.63) is 18.7 Å². The van der Waals surface area contributed by atoms with E-state index in [0.717, 1.165) is 6.54 Å². The number of hydrogen-bond donors (Lipinski definition) is 0. The summed E-state index contributed by atoms with van der Waals surface area (Å²) in [4.78, 5) is 0. The molecule has 0 saturated carbocycles. The summed E-state index contributed by atoms with van der Waals surface area (Å²) in [5, 5.41) is 0. The zero-order valence-electron chi connectivity index (χ0n) is 14.9. The van der Waals surface area contributed by atoms with E-state index < -0.39 is 0 Å². The Morgan fingerprint density at radius 2 is 1.41 bits per heavy atom. The van der Waals surface area contributed by atoms with Crippen molar-refractivity contribution < 1.29 is 4.57 Å². The van der Waals surface area contributed by atoms with Gasteiger partial charge in [0.15, 0.2) is 0 Å². The first-order valence-electron chi connectivity index (χ1n) is 9.41. The van der Waals surface area contributed by atoms with Gasteiger partial charge < -0.3 is 0 Å². The van der Waals surface area contributed by atoms with Crippen LogP contribution in [-0.4, -0.2) is 16.1 Å². The monoisotopic (exact) mass is 325 g/mol. The molecule has 0 N–H and O–H groups in total. The second-order valence-electron chi connectivity index (χ2n) is 6.46. The highest BCUT2D eigenvalue weighted by Gasteiger charge is 1.99. The lowest BCUT2D eigenvalue weighted by atomic mass is 10.1. The van der Waals surface area contributed by atoms with Crippen molar-refractivity contribution in [2.24, 2.45) is 7.05 Å². The highest BCUT2D eigenvalue weighted by Crippen LogP contribution is 2.13.